The Morgan fingerprint density at radius 3 is 2.63 bits per heavy atom. The van der Waals surface area contributed by atoms with Gasteiger partial charge in [0.1, 0.15) is 0 Å². The van der Waals surface area contributed by atoms with Crippen molar-refractivity contribution in [2.24, 2.45) is 0 Å². The maximum atomic E-state index is 13.0. The number of benzene rings is 2. The van der Waals surface area contributed by atoms with E-state index in [1.165, 1.54) is 41.7 Å². The number of fused-ring (bicyclic) bond motifs is 1. The zero-order valence-electron chi connectivity index (χ0n) is 17.6. The number of aryl methyl sites for hydroxylation is 2. The van der Waals surface area contributed by atoms with E-state index in [1.54, 1.807) is 11.3 Å². The fourth-order valence-electron chi connectivity index (χ4n) is 4.58. The third kappa shape index (κ3) is 3.63. The number of nitrogens with zero attached hydrogens (tertiary/aromatic N) is 2. The molecule has 0 saturated heterocycles. The minimum Gasteiger partial charge on any atom is -0.359 e. The van der Waals surface area contributed by atoms with Crippen molar-refractivity contribution in [2.75, 3.05) is 16.8 Å². The summed E-state index contributed by atoms with van der Waals surface area (Å²) >= 11 is 1.75. The van der Waals surface area contributed by atoms with Gasteiger partial charge in [-0.05, 0) is 62.9 Å². The maximum absolute atomic E-state index is 13.0. The zero-order valence-corrected chi connectivity index (χ0v) is 18.4. The van der Waals surface area contributed by atoms with Gasteiger partial charge in [0, 0.05) is 34.3 Å². The van der Waals surface area contributed by atoms with E-state index < -0.39 is 0 Å². The first kappa shape index (κ1) is 19.3. The highest BCUT2D eigenvalue weighted by atomic mass is 32.1. The van der Waals surface area contributed by atoms with Crippen molar-refractivity contribution < 1.29 is 4.79 Å². The number of hydrogen-bond acceptors (Lipinski definition) is 4. The Morgan fingerprint density at radius 1 is 1.10 bits per heavy atom. The number of nitrogens with one attached hydrogen (secondary N) is 1. The smallest absolute Gasteiger partial charge is 0.258 e. The lowest BCUT2D eigenvalue weighted by Crippen LogP contribution is -2.28. The molecule has 30 heavy (non-hydrogen) atoms. The molecule has 0 unspecified atom stereocenters. The van der Waals surface area contributed by atoms with E-state index in [2.05, 4.69) is 30.4 Å². The van der Waals surface area contributed by atoms with E-state index in [4.69, 9.17) is 4.98 Å². The quantitative estimate of drug-likeness (QED) is 0.567. The van der Waals surface area contributed by atoms with Crippen LogP contribution in [0.15, 0.2) is 42.5 Å². The molecule has 5 heteroatoms. The summed E-state index contributed by atoms with van der Waals surface area (Å²) in [7, 11) is 0. The average Bonchev–Trinajstić information content (AvgIpc) is 3.48. The Morgan fingerprint density at radius 2 is 1.87 bits per heavy atom. The summed E-state index contributed by atoms with van der Waals surface area (Å²) in [6.07, 6.45) is 6.02. The van der Waals surface area contributed by atoms with Gasteiger partial charge in [-0.3, -0.25) is 4.79 Å². The third-order valence-electron chi connectivity index (χ3n) is 6.27. The molecule has 0 radical (unpaired) electrons. The normalized spacial score (nSPS) is 16.1. The molecule has 0 atom stereocenters. The standard InChI is InChI=1S/C25H27N3OS/c1-16-7-9-18(10-8-16)24(29)28-14-13-19-15-20(11-12-22(19)28)23-17(2)30-25(27-23)26-21-5-3-4-6-21/h7-12,15,21H,3-6,13-14H2,1-2H3,(H,26,27). The second-order valence-electron chi connectivity index (χ2n) is 8.47. The average molecular weight is 418 g/mol. The van der Waals surface area contributed by atoms with Gasteiger partial charge >= 0.3 is 0 Å². The summed E-state index contributed by atoms with van der Waals surface area (Å²) in [5.74, 6) is 0.0781. The van der Waals surface area contributed by atoms with Crippen LogP contribution < -0.4 is 10.2 Å². The van der Waals surface area contributed by atoms with Crippen LogP contribution in [-0.2, 0) is 6.42 Å². The monoisotopic (exact) mass is 417 g/mol. The first-order valence-corrected chi connectivity index (χ1v) is 11.7. The highest BCUT2D eigenvalue weighted by Crippen LogP contribution is 2.37. The molecule has 154 valence electrons. The van der Waals surface area contributed by atoms with Gasteiger partial charge < -0.3 is 10.2 Å². The van der Waals surface area contributed by atoms with E-state index in [0.29, 0.717) is 6.04 Å². The SMILES string of the molecule is Cc1ccc(C(=O)N2CCc3cc(-c4nc(NC5CCCC5)sc4C)ccc32)cc1. The van der Waals surface area contributed by atoms with Gasteiger partial charge in [0.15, 0.2) is 5.13 Å². The molecule has 2 aliphatic rings. The molecule has 2 aromatic carbocycles. The maximum Gasteiger partial charge on any atom is 0.258 e. The predicted molar refractivity (Wildman–Crippen MR) is 125 cm³/mol. The van der Waals surface area contributed by atoms with Crippen LogP contribution >= 0.6 is 11.3 Å². The van der Waals surface area contributed by atoms with E-state index in [0.717, 1.165) is 40.6 Å². The van der Waals surface area contributed by atoms with Crippen LogP contribution in [0, 0.1) is 13.8 Å². The lowest BCUT2D eigenvalue weighted by atomic mass is 10.1. The number of thiazole rings is 1. The minimum absolute atomic E-state index is 0.0781. The summed E-state index contributed by atoms with van der Waals surface area (Å²) in [6, 6.07) is 14.8. The molecule has 2 heterocycles. The van der Waals surface area contributed by atoms with E-state index in [-0.39, 0.29) is 5.91 Å². The summed E-state index contributed by atoms with van der Waals surface area (Å²) in [6.45, 7) is 4.92. The Hall–Kier alpha value is -2.66. The Balaban J connectivity index is 1.38. The third-order valence-corrected chi connectivity index (χ3v) is 7.17. The molecule has 0 spiro atoms. The van der Waals surface area contributed by atoms with Gasteiger partial charge in [-0.2, -0.15) is 0 Å². The Kier molecular flexibility index (Phi) is 5.07. The zero-order chi connectivity index (χ0) is 20.7. The second kappa shape index (κ2) is 7.88. The number of rotatable bonds is 4. The summed E-state index contributed by atoms with van der Waals surface area (Å²) in [4.78, 5) is 21.1. The largest absolute Gasteiger partial charge is 0.359 e. The van der Waals surface area contributed by atoms with Gasteiger partial charge in [-0.25, -0.2) is 4.98 Å². The van der Waals surface area contributed by atoms with Crippen molar-refractivity contribution in [1.29, 1.82) is 0 Å². The Bertz CT molecular complexity index is 1080. The number of aromatic nitrogens is 1. The molecule has 1 aliphatic carbocycles. The van der Waals surface area contributed by atoms with Crippen LogP contribution in [0.1, 0.15) is 52.0 Å². The molecule has 5 rings (SSSR count). The number of carbonyl (C=O) groups excluding carboxylic acids is 1. The van der Waals surface area contributed by atoms with Crippen molar-refractivity contribution >= 4 is 28.1 Å². The van der Waals surface area contributed by atoms with Crippen LogP contribution in [-0.4, -0.2) is 23.5 Å². The van der Waals surface area contributed by atoms with Crippen molar-refractivity contribution in [1.82, 2.24) is 4.98 Å². The lowest BCUT2D eigenvalue weighted by Gasteiger charge is -2.17. The lowest BCUT2D eigenvalue weighted by molar-refractivity contribution is 0.0989. The van der Waals surface area contributed by atoms with Gasteiger partial charge in [0.25, 0.3) is 5.91 Å². The van der Waals surface area contributed by atoms with Crippen LogP contribution in [0.4, 0.5) is 10.8 Å². The molecular weight excluding hydrogens is 390 g/mol. The highest BCUT2D eigenvalue weighted by Gasteiger charge is 2.26. The van der Waals surface area contributed by atoms with Gasteiger partial charge in [-0.1, -0.05) is 36.6 Å². The number of carbonyl (C=O) groups is 1. The van der Waals surface area contributed by atoms with Crippen molar-refractivity contribution in [3.05, 3.63) is 64.0 Å². The van der Waals surface area contributed by atoms with Crippen molar-refractivity contribution in [3.63, 3.8) is 0 Å². The molecule has 1 aliphatic heterocycles. The highest BCUT2D eigenvalue weighted by molar-refractivity contribution is 7.16. The van der Waals surface area contributed by atoms with Crippen LogP contribution in [0.5, 0.6) is 0 Å². The fraction of sp³-hybridized carbons (Fsp3) is 0.360. The molecule has 1 fully saturated rings. The van der Waals surface area contributed by atoms with Crippen molar-refractivity contribution in [3.8, 4) is 11.3 Å². The van der Waals surface area contributed by atoms with E-state index in [9.17, 15) is 4.79 Å². The van der Waals surface area contributed by atoms with E-state index in [1.807, 2.05) is 36.1 Å². The van der Waals surface area contributed by atoms with Crippen LogP contribution in [0.25, 0.3) is 11.3 Å². The number of amides is 1. The topological polar surface area (TPSA) is 45.2 Å². The van der Waals surface area contributed by atoms with Gasteiger partial charge in [-0.15, -0.1) is 11.3 Å². The molecule has 1 N–H and O–H groups in total. The first-order chi connectivity index (χ1) is 14.6. The molecule has 1 aromatic heterocycles. The van der Waals surface area contributed by atoms with Crippen LogP contribution in [0.2, 0.25) is 0 Å². The molecule has 4 nitrogen and oxygen atoms in total. The van der Waals surface area contributed by atoms with Gasteiger partial charge in [0.2, 0.25) is 0 Å². The number of anilines is 2. The summed E-state index contributed by atoms with van der Waals surface area (Å²) in [5, 5.41) is 4.66. The second-order valence-corrected chi connectivity index (χ2v) is 9.67. The fourth-order valence-corrected chi connectivity index (χ4v) is 5.50. The molecule has 0 bridgehead atoms. The molecule has 1 saturated carbocycles. The molecule has 1 amide bonds. The summed E-state index contributed by atoms with van der Waals surface area (Å²) < 4.78 is 0. The molecular formula is C25H27N3OS. The van der Waals surface area contributed by atoms with Crippen molar-refractivity contribution in [2.45, 2.75) is 52.0 Å². The minimum atomic E-state index is 0.0781. The van der Waals surface area contributed by atoms with Crippen LogP contribution in [0.3, 0.4) is 0 Å². The Labute approximate surface area is 182 Å². The predicted octanol–water partition coefficient (Wildman–Crippen LogP) is 5.98. The molecule has 3 aromatic rings. The summed E-state index contributed by atoms with van der Waals surface area (Å²) in [5.41, 5.74) is 6.37. The van der Waals surface area contributed by atoms with E-state index >= 15 is 0 Å². The number of hydrogen-bond donors (Lipinski definition) is 1. The first-order valence-electron chi connectivity index (χ1n) is 10.8. The van der Waals surface area contributed by atoms with Gasteiger partial charge in [0.05, 0.1) is 5.69 Å².